The van der Waals surface area contributed by atoms with Crippen molar-refractivity contribution in [3.63, 3.8) is 0 Å². The monoisotopic (exact) mass is 456 g/mol. The third-order valence-corrected chi connectivity index (χ3v) is 5.62. The van der Waals surface area contributed by atoms with E-state index < -0.39 is 12.1 Å². The van der Waals surface area contributed by atoms with Crippen LogP contribution in [0.2, 0.25) is 0 Å². The summed E-state index contributed by atoms with van der Waals surface area (Å²) in [6.45, 7) is 8.99. The van der Waals surface area contributed by atoms with E-state index in [0.717, 1.165) is 43.6 Å². The number of hydrogen-bond acceptors (Lipinski definition) is 4. The number of piperidine rings is 1. The molecule has 0 unspecified atom stereocenters. The van der Waals surface area contributed by atoms with Crippen LogP contribution in [0.5, 0.6) is 0 Å². The summed E-state index contributed by atoms with van der Waals surface area (Å²) in [5.74, 6) is -2.04. The Morgan fingerprint density at radius 2 is 1.81 bits per heavy atom. The van der Waals surface area contributed by atoms with Crippen LogP contribution < -0.4 is 5.32 Å². The molecule has 0 radical (unpaired) electrons. The van der Waals surface area contributed by atoms with E-state index in [2.05, 4.69) is 48.3 Å². The standard InChI is InChI=1S/C21H30N2O2.C2HF3O2/c1-16(2)15-23-11-8-21(9-12-23)14-18(20(24)22-10-13-25-3)17-6-4-5-7-19(17)21;3-2(4,5)1(6)7/h4-7,14,16H,8-13,15H2,1-3H3,(H,22,24);(H,6,7). The summed E-state index contributed by atoms with van der Waals surface area (Å²) >= 11 is 0. The van der Waals surface area contributed by atoms with Gasteiger partial charge in [0.05, 0.1) is 6.61 Å². The first-order chi connectivity index (χ1) is 15.0. The van der Waals surface area contributed by atoms with Crippen LogP contribution in [0.25, 0.3) is 5.57 Å². The first kappa shape index (κ1) is 25.9. The van der Waals surface area contributed by atoms with Crippen molar-refractivity contribution in [1.82, 2.24) is 10.2 Å². The van der Waals surface area contributed by atoms with Crippen molar-refractivity contribution < 1.29 is 32.6 Å². The third-order valence-electron chi connectivity index (χ3n) is 5.62. The molecule has 0 atom stereocenters. The fourth-order valence-corrected chi connectivity index (χ4v) is 4.20. The van der Waals surface area contributed by atoms with Crippen LogP contribution in [0, 0.1) is 5.92 Å². The number of alkyl halides is 3. The summed E-state index contributed by atoms with van der Waals surface area (Å²) in [5.41, 5.74) is 3.30. The average molecular weight is 457 g/mol. The van der Waals surface area contributed by atoms with E-state index in [1.807, 2.05) is 6.07 Å². The molecule has 2 aliphatic rings. The van der Waals surface area contributed by atoms with Crippen LogP contribution in [0.4, 0.5) is 13.2 Å². The van der Waals surface area contributed by atoms with Gasteiger partial charge in [0.25, 0.3) is 5.91 Å². The Bertz CT molecular complexity index is 829. The largest absolute Gasteiger partial charge is 0.490 e. The van der Waals surface area contributed by atoms with Gasteiger partial charge in [-0.25, -0.2) is 4.79 Å². The fourth-order valence-electron chi connectivity index (χ4n) is 4.20. The first-order valence-electron chi connectivity index (χ1n) is 10.6. The van der Waals surface area contributed by atoms with E-state index in [9.17, 15) is 18.0 Å². The number of carboxylic acids is 1. The Kier molecular flexibility index (Phi) is 8.86. The van der Waals surface area contributed by atoms with Crippen molar-refractivity contribution in [2.45, 2.75) is 38.3 Å². The average Bonchev–Trinajstić information content (AvgIpc) is 3.04. The number of halogens is 3. The molecular formula is C23H31F3N2O4. The molecule has 32 heavy (non-hydrogen) atoms. The van der Waals surface area contributed by atoms with E-state index in [1.165, 1.54) is 5.56 Å². The zero-order chi connectivity index (χ0) is 23.9. The van der Waals surface area contributed by atoms with Crippen LogP contribution in [0.1, 0.15) is 37.8 Å². The van der Waals surface area contributed by atoms with Crippen LogP contribution in [0.15, 0.2) is 30.3 Å². The fraction of sp³-hybridized carbons (Fsp3) is 0.565. The molecule has 2 N–H and O–H groups in total. The van der Waals surface area contributed by atoms with Gasteiger partial charge in [0.15, 0.2) is 0 Å². The topological polar surface area (TPSA) is 78.9 Å². The number of fused-ring (bicyclic) bond motifs is 2. The number of carboxylic acid groups (broad SMARTS) is 1. The number of nitrogens with zero attached hydrogens (tertiary/aromatic N) is 1. The summed E-state index contributed by atoms with van der Waals surface area (Å²) < 4.78 is 36.8. The molecule has 0 aromatic heterocycles. The molecule has 1 aromatic carbocycles. The Hall–Kier alpha value is -2.39. The summed E-state index contributed by atoms with van der Waals surface area (Å²) in [7, 11) is 1.65. The predicted molar refractivity (Wildman–Crippen MR) is 115 cm³/mol. The lowest BCUT2D eigenvalue weighted by atomic mass is 9.74. The minimum absolute atomic E-state index is 0.0194. The maximum absolute atomic E-state index is 12.7. The van der Waals surface area contributed by atoms with Crippen molar-refractivity contribution in [2.75, 3.05) is 39.9 Å². The van der Waals surface area contributed by atoms with Crippen molar-refractivity contribution in [1.29, 1.82) is 0 Å². The Labute approximate surface area is 186 Å². The van der Waals surface area contributed by atoms with Crippen LogP contribution in [-0.2, 0) is 19.7 Å². The molecule has 1 spiro atoms. The number of likely N-dealkylation sites (tertiary alicyclic amines) is 1. The van der Waals surface area contributed by atoms with Gasteiger partial charge in [-0.15, -0.1) is 0 Å². The zero-order valence-corrected chi connectivity index (χ0v) is 18.7. The number of rotatable bonds is 6. The first-order valence-corrected chi connectivity index (χ1v) is 10.6. The van der Waals surface area contributed by atoms with Gasteiger partial charge in [-0.2, -0.15) is 13.2 Å². The van der Waals surface area contributed by atoms with E-state index in [4.69, 9.17) is 14.6 Å². The zero-order valence-electron chi connectivity index (χ0n) is 18.7. The van der Waals surface area contributed by atoms with Crippen molar-refractivity contribution in [2.24, 2.45) is 5.92 Å². The highest BCUT2D eigenvalue weighted by atomic mass is 19.4. The quantitative estimate of drug-likeness (QED) is 0.641. The highest BCUT2D eigenvalue weighted by Gasteiger charge is 2.42. The lowest BCUT2D eigenvalue weighted by molar-refractivity contribution is -0.192. The van der Waals surface area contributed by atoms with Gasteiger partial charge < -0.3 is 20.1 Å². The Morgan fingerprint density at radius 3 is 2.34 bits per heavy atom. The van der Waals surface area contributed by atoms with Gasteiger partial charge in [0.2, 0.25) is 0 Å². The van der Waals surface area contributed by atoms with Crippen LogP contribution >= 0.6 is 0 Å². The molecule has 9 heteroatoms. The van der Waals surface area contributed by atoms with Crippen LogP contribution in [0.3, 0.4) is 0 Å². The van der Waals surface area contributed by atoms with Gasteiger partial charge in [-0.3, -0.25) is 4.79 Å². The number of allylic oxidation sites excluding steroid dienone is 1. The van der Waals surface area contributed by atoms with E-state index >= 15 is 0 Å². The van der Waals surface area contributed by atoms with Gasteiger partial charge >= 0.3 is 12.1 Å². The molecular weight excluding hydrogens is 425 g/mol. The molecule has 3 rings (SSSR count). The molecule has 178 valence electrons. The minimum Gasteiger partial charge on any atom is -0.475 e. The highest BCUT2D eigenvalue weighted by Crippen LogP contribution is 2.47. The number of nitrogens with one attached hydrogen (secondary N) is 1. The highest BCUT2D eigenvalue weighted by molar-refractivity contribution is 6.21. The third kappa shape index (κ3) is 6.56. The summed E-state index contributed by atoms with van der Waals surface area (Å²) in [6.07, 6.45) is -0.663. The van der Waals surface area contributed by atoms with Crippen molar-refractivity contribution in [3.05, 3.63) is 41.5 Å². The van der Waals surface area contributed by atoms with Gasteiger partial charge in [-0.05, 0) is 43.0 Å². The number of benzene rings is 1. The number of ether oxygens (including phenoxy) is 1. The van der Waals surface area contributed by atoms with Gasteiger partial charge in [-0.1, -0.05) is 44.2 Å². The smallest absolute Gasteiger partial charge is 0.475 e. The molecule has 1 aromatic rings. The Balaban J connectivity index is 0.000000451. The predicted octanol–water partition coefficient (Wildman–Crippen LogP) is 3.47. The van der Waals surface area contributed by atoms with E-state index in [1.54, 1.807) is 7.11 Å². The van der Waals surface area contributed by atoms with Gasteiger partial charge in [0, 0.05) is 31.2 Å². The molecule has 1 aliphatic heterocycles. The number of carbonyl (C=O) groups excluding carboxylic acids is 1. The number of hydrogen-bond donors (Lipinski definition) is 2. The molecule has 1 aliphatic carbocycles. The molecule has 0 saturated carbocycles. The number of carbonyl (C=O) groups is 2. The number of aliphatic carboxylic acids is 1. The Morgan fingerprint density at radius 1 is 1.22 bits per heavy atom. The van der Waals surface area contributed by atoms with Crippen LogP contribution in [-0.4, -0.2) is 68.0 Å². The minimum atomic E-state index is -5.08. The number of amides is 1. The SMILES string of the molecule is COCCNC(=O)C1=CC2(CCN(CC(C)C)CC2)c2ccccc21.O=C(O)C(F)(F)F. The van der Waals surface area contributed by atoms with Crippen molar-refractivity contribution >= 4 is 17.4 Å². The molecule has 1 heterocycles. The van der Waals surface area contributed by atoms with E-state index in [0.29, 0.717) is 19.1 Å². The summed E-state index contributed by atoms with van der Waals surface area (Å²) in [5, 5.41) is 10.1. The second-order valence-electron chi connectivity index (χ2n) is 8.51. The maximum Gasteiger partial charge on any atom is 0.490 e. The lowest BCUT2D eigenvalue weighted by Gasteiger charge is -2.39. The molecule has 1 amide bonds. The second kappa shape index (κ2) is 11.0. The van der Waals surface area contributed by atoms with Crippen molar-refractivity contribution in [3.8, 4) is 0 Å². The normalized spacial score (nSPS) is 17.4. The lowest BCUT2D eigenvalue weighted by Crippen LogP contribution is -2.42. The van der Waals surface area contributed by atoms with E-state index in [-0.39, 0.29) is 11.3 Å². The summed E-state index contributed by atoms with van der Waals surface area (Å²) in [6, 6.07) is 8.42. The molecule has 0 bridgehead atoms. The van der Waals surface area contributed by atoms with Gasteiger partial charge in [0.1, 0.15) is 0 Å². The molecule has 6 nitrogen and oxygen atoms in total. The molecule has 1 saturated heterocycles. The molecule has 1 fully saturated rings. The second-order valence-corrected chi connectivity index (χ2v) is 8.51. The number of methoxy groups -OCH3 is 1. The summed E-state index contributed by atoms with van der Waals surface area (Å²) in [4.78, 5) is 24.1. The maximum atomic E-state index is 12.7.